The van der Waals surface area contributed by atoms with Crippen LogP contribution in [-0.2, 0) is 0 Å². The van der Waals surface area contributed by atoms with E-state index < -0.39 is 0 Å². The minimum Gasteiger partial charge on any atom is -0.347 e. The Hall–Kier alpha value is -1.65. The van der Waals surface area contributed by atoms with Crippen LogP contribution in [0.3, 0.4) is 0 Å². The fourth-order valence-electron chi connectivity index (χ4n) is 2.33. The van der Waals surface area contributed by atoms with Crippen molar-refractivity contribution in [1.82, 2.24) is 15.6 Å². The number of nitrogens with one attached hydrogen (secondary N) is 2. The predicted molar refractivity (Wildman–Crippen MR) is 77.7 cm³/mol. The summed E-state index contributed by atoms with van der Waals surface area (Å²) in [5, 5.41) is 8.20. The van der Waals surface area contributed by atoms with Crippen LogP contribution in [0.4, 0.5) is 0 Å². The van der Waals surface area contributed by atoms with E-state index in [0.717, 1.165) is 30.3 Å². The Balaban J connectivity index is 0.00000133. The molecule has 3 rings (SSSR count). The summed E-state index contributed by atoms with van der Waals surface area (Å²) < 4.78 is 0. The maximum Gasteiger partial charge on any atom is 0.270 e. The van der Waals surface area contributed by atoms with Gasteiger partial charge in [0, 0.05) is 24.2 Å². The van der Waals surface area contributed by atoms with Gasteiger partial charge in [0.1, 0.15) is 5.69 Å². The van der Waals surface area contributed by atoms with Gasteiger partial charge in [-0.2, -0.15) is 0 Å². The van der Waals surface area contributed by atoms with E-state index in [1.54, 1.807) is 6.20 Å². The number of carbonyl (C=O) groups is 1. The molecule has 1 unspecified atom stereocenters. The van der Waals surface area contributed by atoms with Crippen molar-refractivity contribution in [3.05, 3.63) is 42.2 Å². The van der Waals surface area contributed by atoms with Crippen molar-refractivity contribution in [2.75, 3.05) is 13.1 Å². The summed E-state index contributed by atoms with van der Waals surface area (Å²) in [7, 11) is 0. The van der Waals surface area contributed by atoms with E-state index in [9.17, 15) is 4.79 Å². The third kappa shape index (κ3) is 2.85. The van der Waals surface area contributed by atoms with Gasteiger partial charge in [-0.1, -0.05) is 24.3 Å². The molecule has 1 aromatic heterocycles. The third-order valence-electron chi connectivity index (χ3n) is 3.28. The molecule has 0 bridgehead atoms. The molecule has 2 aromatic rings. The van der Waals surface area contributed by atoms with Crippen LogP contribution >= 0.6 is 12.4 Å². The van der Waals surface area contributed by atoms with Gasteiger partial charge in [-0.3, -0.25) is 9.78 Å². The van der Waals surface area contributed by atoms with Gasteiger partial charge in [0.25, 0.3) is 5.91 Å². The van der Waals surface area contributed by atoms with Crippen molar-refractivity contribution in [1.29, 1.82) is 0 Å². The van der Waals surface area contributed by atoms with Crippen LogP contribution in [0.1, 0.15) is 16.9 Å². The lowest BCUT2D eigenvalue weighted by Gasteiger charge is -2.11. The third-order valence-corrected chi connectivity index (χ3v) is 3.28. The van der Waals surface area contributed by atoms with Gasteiger partial charge in [-0.05, 0) is 24.4 Å². The molecule has 1 atom stereocenters. The summed E-state index contributed by atoms with van der Waals surface area (Å²) in [6.07, 6.45) is 2.67. The Bertz CT molecular complexity index is 576. The number of hydrogen-bond donors (Lipinski definition) is 2. The standard InChI is InChI=1S/C14H15N3O.ClH/c18-14(17-11-6-7-15-9-11)13-12-4-2-1-3-10(12)5-8-16-13;/h1-5,8,11,15H,6-7,9H2,(H,17,18);1H. The molecule has 1 saturated heterocycles. The Labute approximate surface area is 118 Å². The number of nitrogens with zero attached hydrogens (tertiary/aromatic N) is 1. The lowest BCUT2D eigenvalue weighted by molar-refractivity contribution is 0.0937. The summed E-state index contributed by atoms with van der Waals surface area (Å²) >= 11 is 0. The second-order valence-electron chi connectivity index (χ2n) is 4.54. The maximum absolute atomic E-state index is 12.2. The number of amides is 1. The van der Waals surface area contributed by atoms with Crippen LogP contribution in [0.5, 0.6) is 0 Å². The molecule has 1 aliphatic heterocycles. The van der Waals surface area contributed by atoms with Gasteiger partial charge in [0.05, 0.1) is 0 Å². The van der Waals surface area contributed by atoms with Crippen LogP contribution in [0.15, 0.2) is 36.5 Å². The van der Waals surface area contributed by atoms with Gasteiger partial charge in [-0.25, -0.2) is 0 Å². The van der Waals surface area contributed by atoms with Crippen molar-refractivity contribution in [3.8, 4) is 0 Å². The highest BCUT2D eigenvalue weighted by molar-refractivity contribution is 6.05. The number of hydrogen-bond acceptors (Lipinski definition) is 3. The first-order valence-corrected chi connectivity index (χ1v) is 6.20. The van der Waals surface area contributed by atoms with Crippen LogP contribution in [0, 0.1) is 0 Å². The average Bonchev–Trinajstić information content (AvgIpc) is 2.91. The Kier molecular flexibility index (Phi) is 4.35. The number of carbonyl (C=O) groups excluding carboxylic acids is 1. The lowest BCUT2D eigenvalue weighted by Crippen LogP contribution is -2.36. The fraction of sp³-hybridized carbons (Fsp3) is 0.286. The molecule has 0 radical (unpaired) electrons. The van der Waals surface area contributed by atoms with E-state index >= 15 is 0 Å². The van der Waals surface area contributed by atoms with Crippen LogP contribution in [0.2, 0.25) is 0 Å². The van der Waals surface area contributed by atoms with E-state index in [1.165, 1.54) is 0 Å². The zero-order valence-corrected chi connectivity index (χ0v) is 11.2. The quantitative estimate of drug-likeness (QED) is 0.879. The summed E-state index contributed by atoms with van der Waals surface area (Å²) in [4.78, 5) is 16.4. The molecule has 5 heteroatoms. The Morgan fingerprint density at radius 3 is 2.95 bits per heavy atom. The van der Waals surface area contributed by atoms with Crippen molar-refractivity contribution in [3.63, 3.8) is 0 Å². The van der Waals surface area contributed by atoms with Crippen LogP contribution in [-0.4, -0.2) is 30.0 Å². The molecule has 100 valence electrons. The minimum absolute atomic E-state index is 0. The number of aromatic nitrogens is 1. The van der Waals surface area contributed by atoms with Gasteiger partial charge in [-0.15, -0.1) is 12.4 Å². The molecule has 4 nitrogen and oxygen atoms in total. The van der Waals surface area contributed by atoms with E-state index in [-0.39, 0.29) is 24.4 Å². The molecular formula is C14H16ClN3O. The zero-order valence-electron chi connectivity index (χ0n) is 10.4. The molecule has 2 heterocycles. The second kappa shape index (κ2) is 5.99. The number of benzene rings is 1. The van der Waals surface area contributed by atoms with E-state index in [0.29, 0.717) is 5.69 Å². The molecule has 0 spiro atoms. The molecule has 2 N–H and O–H groups in total. The highest BCUT2D eigenvalue weighted by Gasteiger charge is 2.19. The SMILES string of the molecule is Cl.O=C(NC1CCNC1)c1nccc2ccccc12. The highest BCUT2D eigenvalue weighted by Crippen LogP contribution is 2.16. The van der Waals surface area contributed by atoms with Gasteiger partial charge < -0.3 is 10.6 Å². The highest BCUT2D eigenvalue weighted by atomic mass is 35.5. The lowest BCUT2D eigenvalue weighted by atomic mass is 10.1. The van der Waals surface area contributed by atoms with Gasteiger partial charge in [0.2, 0.25) is 0 Å². The number of fused-ring (bicyclic) bond motifs is 1. The normalized spacial score (nSPS) is 18.0. The average molecular weight is 278 g/mol. The van der Waals surface area contributed by atoms with E-state index in [4.69, 9.17) is 0 Å². The number of pyridine rings is 1. The first-order chi connectivity index (χ1) is 8.84. The molecule has 1 aliphatic rings. The van der Waals surface area contributed by atoms with Crippen molar-refractivity contribution >= 4 is 29.1 Å². The molecule has 1 fully saturated rings. The monoisotopic (exact) mass is 277 g/mol. The summed E-state index contributed by atoms with van der Waals surface area (Å²) in [6, 6.07) is 9.96. The van der Waals surface area contributed by atoms with Crippen molar-refractivity contribution < 1.29 is 4.79 Å². The first-order valence-electron chi connectivity index (χ1n) is 6.20. The zero-order chi connectivity index (χ0) is 12.4. The van der Waals surface area contributed by atoms with Crippen LogP contribution in [0.25, 0.3) is 10.8 Å². The minimum atomic E-state index is -0.0829. The molecule has 19 heavy (non-hydrogen) atoms. The predicted octanol–water partition coefficient (Wildman–Crippen LogP) is 1.75. The molecule has 0 saturated carbocycles. The Morgan fingerprint density at radius 1 is 1.32 bits per heavy atom. The van der Waals surface area contributed by atoms with Crippen LogP contribution < -0.4 is 10.6 Å². The molecule has 1 amide bonds. The first kappa shape index (κ1) is 13.8. The molecule has 0 aliphatic carbocycles. The second-order valence-corrected chi connectivity index (χ2v) is 4.54. The van der Waals surface area contributed by atoms with Gasteiger partial charge in [0.15, 0.2) is 0 Å². The largest absolute Gasteiger partial charge is 0.347 e. The van der Waals surface area contributed by atoms with E-state index in [2.05, 4.69) is 15.6 Å². The molecular weight excluding hydrogens is 262 g/mol. The van der Waals surface area contributed by atoms with Gasteiger partial charge >= 0.3 is 0 Å². The smallest absolute Gasteiger partial charge is 0.270 e. The van der Waals surface area contributed by atoms with Crippen molar-refractivity contribution in [2.45, 2.75) is 12.5 Å². The summed E-state index contributed by atoms with van der Waals surface area (Å²) in [6.45, 7) is 1.81. The van der Waals surface area contributed by atoms with E-state index in [1.807, 2.05) is 30.3 Å². The number of halogens is 1. The summed E-state index contributed by atoms with van der Waals surface area (Å²) in [5.41, 5.74) is 0.514. The Morgan fingerprint density at radius 2 is 2.16 bits per heavy atom. The van der Waals surface area contributed by atoms with Crippen molar-refractivity contribution in [2.24, 2.45) is 0 Å². The number of rotatable bonds is 2. The molecule has 1 aromatic carbocycles. The fourth-order valence-corrected chi connectivity index (χ4v) is 2.33. The topological polar surface area (TPSA) is 54.0 Å². The maximum atomic E-state index is 12.2. The summed E-state index contributed by atoms with van der Waals surface area (Å²) in [5.74, 6) is -0.0829.